The van der Waals surface area contributed by atoms with Crippen LogP contribution in [0.1, 0.15) is 8.42 Å². The van der Waals surface area contributed by atoms with E-state index in [0.717, 1.165) is 10.9 Å². The SMILES string of the molecule is Fc1ccc(CBr)cc1.[H-].[H-].[Mg+2]. The molecule has 0 unspecified atom stereocenters. The average molecular weight is 215 g/mol. The first kappa shape index (κ1) is 10.4. The Hall–Kier alpha value is 0.396. The first-order valence-corrected chi connectivity index (χ1v) is 3.75. The normalized spacial score (nSPS) is 8.60. The molecule has 10 heavy (non-hydrogen) atoms. The molecule has 0 aliphatic rings. The van der Waals surface area contributed by atoms with E-state index in [0.29, 0.717) is 0 Å². The second-order valence-electron chi connectivity index (χ2n) is 1.76. The molecule has 0 atom stereocenters. The summed E-state index contributed by atoms with van der Waals surface area (Å²) in [4.78, 5) is 0. The zero-order valence-corrected chi connectivity index (χ0v) is 8.48. The molecule has 1 aromatic rings. The summed E-state index contributed by atoms with van der Waals surface area (Å²) in [5, 5.41) is 0.785. The van der Waals surface area contributed by atoms with Gasteiger partial charge in [0.25, 0.3) is 0 Å². The van der Waals surface area contributed by atoms with E-state index in [2.05, 4.69) is 15.9 Å². The van der Waals surface area contributed by atoms with E-state index in [1.54, 1.807) is 12.1 Å². The smallest absolute Gasteiger partial charge is 1.00 e. The number of halogens is 2. The maximum Gasteiger partial charge on any atom is 2.00 e. The van der Waals surface area contributed by atoms with Gasteiger partial charge in [0.05, 0.1) is 0 Å². The Bertz CT molecular complexity index is 193. The van der Waals surface area contributed by atoms with E-state index in [-0.39, 0.29) is 31.7 Å². The van der Waals surface area contributed by atoms with Gasteiger partial charge >= 0.3 is 23.1 Å². The second-order valence-corrected chi connectivity index (χ2v) is 2.32. The van der Waals surface area contributed by atoms with Crippen LogP contribution in [0.5, 0.6) is 0 Å². The molecule has 1 aromatic carbocycles. The fourth-order valence-electron chi connectivity index (χ4n) is 0.573. The number of alkyl halides is 1. The van der Waals surface area contributed by atoms with E-state index in [9.17, 15) is 4.39 Å². The summed E-state index contributed by atoms with van der Waals surface area (Å²) in [6, 6.07) is 6.42. The predicted octanol–water partition coefficient (Wildman–Crippen LogP) is 2.56. The summed E-state index contributed by atoms with van der Waals surface area (Å²) < 4.78 is 12.2. The van der Waals surface area contributed by atoms with Crippen LogP contribution < -0.4 is 0 Å². The summed E-state index contributed by atoms with van der Waals surface area (Å²) >= 11 is 3.26. The van der Waals surface area contributed by atoms with Gasteiger partial charge in [0.1, 0.15) is 5.82 Å². The molecule has 0 nitrogen and oxygen atoms in total. The van der Waals surface area contributed by atoms with Crippen LogP contribution in [0.4, 0.5) is 4.39 Å². The van der Waals surface area contributed by atoms with Gasteiger partial charge in [-0.15, -0.1) is 0 Å². The van der Waals surface area contributed by atoms with E-state index < -0.39 is 0 Å². The van der Waals surface area contributed by atoms with Crippen LogP contribution in [0, 0.1) is 5.82 Å². The second kappa shape index (κ2) is 5.10. The standard InChI is InChI=1S/C7H6BrF.Mg.2H/c8-5-6-1-3-7(9)4-2-6;;;/h1-4H,5H2;;;/q;+2;2*-1. The Morgan fingerprint density at radius 3 is 2.20 bits per heavy atom. The number of hydrogen-bond acceptors (Lipinski definition) is 0. The fourth-order valence-corrected chi connectivity index (χ4v) is 0.947. The minimum atomic E-state index is -0.181. The van der Waals surface area contributed by atoms with Crippen molar-refractivity contribution in [2.24, 2.45) is 0 Å². The van der Waals surface area contributed by atoms with Crippen molar-refractivity contribution in [3.05, 3.63) is 35.6 Å². The maximum atomic E-state index is 12.2. The largest absolute Gasteiger partial charge is 2.00 e. The van der Waals surface area contributed by atoms with Crippen LogP contribution in [0.15, 0.2) is 24.3 Å². The first-order chi connectivity index (χ1) is 4.33. The molecule has 0 bridgehead atoms. The van der Waals surface area contributed by atoms with E-state index >= 15 is 0 Å². The first-order valence-electron chi connectivity index (χ1n) is 2.63. The zero-order chi connectivity index (χ0) is 6.69. The Morgan fingerprint density at radius 1 is 1.30 bits per heavy atom. The van der Waals surface area contributed by atoms with Gasteiger partial charge in [-0.05, 0) is 17.7 Å². The van der Waals surface area contributed by atoms with Crippen molar-refractivity contribution in [1.29, 1.82) is 0 Å². The molecule has 0 aromatic heterocycles. The van der Waals surface area contributed by atoms with Crippen molar-refractivity contribution >= 4 is 39.0 Å². The van der Waals surface area contributed by atoms with Crippen molar-refractivity contribution in [1.82, 2.24) is 0 Å². The fraction of sp³-hybridized carbons (Fsp3) is 0.143. The molecule has 1 rings (SSSR count). The molecule has 0 N–H and O–H groups in total. The molecule has 0 fully saturated rings. The monoisotopic (exact) mass is 214 g/mol. The summed E-state index contributed by atoms with van der Waals surface area (Å²) in [6.45, 7) is 0. The molecule has 0 spiro atoms. The van der Waals surface area contributed by atoms with Crippen molar-refractivity contribution in [2.75, 3.05) is 0 Å². The van der Waals surface area contributed by atoms with Crippen molar-refractivity contribution in [2.45, 2.75) is 5.33 Å². The number of hydrogen-bond donors (Lipinski definition) is 0. The molecule has 3 heteroatoms. The summed E-state index contributed by atoms with van der Waals surface area (Å²) in [7, 11) is 0. The van der Waals surface area contributed by atoms with Gasteiger partial charge in [-0.3, -0.25) is 0 Å². The average Bonchev–Trinajstić information content (AvgIpc) is 1.90. The van der Waals surface area contributed by atoms with Crippen LogP contribution in [0.3, 0.4) is 0 Å². The number of rotatable bonds is 1. The Morgan fingerprint density at radius 2 is 1.80 bits per heavy atom. The Kier molecular flexibility index (Phi) is 5.30. The van der Waals surface area contributed by atoms with E-state index in [1.807, 2.05) is 0 Å². The Balaban J connectivity index is -0.000000270. The van der Waals surface area contributed by atoms with Gasteiger partial charge in [-0.25, -0.2) is 4.39 Å². The minimum Gasteiger partial charge on any atom is -1.00 e. The molecule has 0 radical (unpaired) electrons. The minimum absolute atomic E-state index is 0. The van der Waals surface area contributed by atoms with Crippen LogP contribution in [0.2, 0.25) is 0 Å². The zero-order valence-electron chi connectivity index (χ0n) is 7.48. The molecule has 0 amide bonds. The molecular formula is C7H8BrFMg. The Labute approximate surface area is 87.1 Å². The summed E-state index contributed by atoms with van der Waals surface area (Å²) in [6.07, 6.45) is 0. The van der Waals surface area contributed by atoms with Gasteiger partial charge in [-0.1, -0.05) is 28.1 Å². The van der Waals surface area contributed by atoms with Gasteiger partial charge in [0, 0.05) is 5.33 Å². The molecule has 0 saturated heterocycles. The summed E-state index contributed by atoms with van der Waals surface area (Å²) in [5.41, 5.74) is 1.09. The van der Waals surface area contributed by atoms with Gasteiger partial charge < -0.3 is 2.85 Å². The van der Waals surface area contributed by atoms with Gasteiger partial charge in [0.2, 0.25) is 0 Å². The van der Waals surface area contributed by atoms with E-state index in [4.69, 9.17) is 0 Å². The molecule has 0 heterocycles. The molecule has 0 aliphatic carbocycles. The van der Waals surface area contributed by atoms with E-state index in [1.165, 1.54) is 12.1 Å². The third-order valence-electron chi connectivity index (χ3n) is 1.07. The predicted molar refractivity (Wildman–Crippen MR) is 47.0 cm³/mol. The van der Waals surface area contributed by atoms with Crippen LogP contribution in [-0.2, 0) is 5.33 Å². The van der Waals surface area contributed by atoms with Gasteiger partial charge in [-0.2, -0.15) is 0 Å². The van der Waals surface area contributed by atoms with Crippen LogP contribution in [0.25, 0.3) is 0 Å². The molecule has 0 aliphatic heterocycles. The summed E-state index contributed by atoms with van der Waals surface area (Å²) in [5.74, 6) is -0.181. The van der Waals surface area contributed by atoms with Gasteiger partial charge in [0.15, 0.2) is 0 Å². The molecule has 52 valence electrons. The topological polar surface area (TPSA) is 0 Å². The van der Waals surface area contributed by atoms with Crippen LogP contribution in [-0.4, -0.2) is 23.1 Å². The third kappa shape index (κ3) is 2.99. The van der Waals surface area contributed by atoms with Crippen molar-refractivity contribution in [3.8, 4) is 0 Å². The number of benzene rings is 1. The molecular weight excluding hydrogens is 207 g/mol. The maximum absolute atomic E-state index is 12.2. The van der Waals surface area contributed by atoms with Crippen LogP contribution >= 0.6 is 15.9 Å². The molecule has 0 saturated carbocycles. The quantitative estimate of drug-likeness (QED) is 0.499. The van der Waals surface area contributed by atoms with Crippen molar-refractivity contribution < 1.29 is 7.24 Å². The third-order valence-corrected chi connectivity index (χ3v) is 1.72. The van der Waals surface area contributed by atoms with Crippen molar-refractivity contribution in [3.63, 3.8) is 0 Å².